The predicted octanol–water partition coefficient (Wildman–Crippen LogP) is 3.19. The molecular weight excluding hydrogens is 392 g/mol. The van der Waals surface area contributed by atoms with Crippen molar-refractivity contribution in [2.45, 2.75) is 63.8 Å². The highest BCUT2D eigenvalue weighted by molar-refractivity contribution is 7.22. The molecule has 0 bridgehead atoms. The number of amides is 3. The molecule has 0 spiro atoms. The Bertz CT molecular complexity index is 998. The van der Waals surface area contributed by atoms with Crippen molar-refractivity contribution in [1.29, 1.82) is 0 Å². The van der Waals surface area contributed by atoms with Crippen molar-refractivity contribution in [3.05, 3.63) is 17.7 Å². The molecule has 0 radical (unpaired) electrons. The topological polar surface area (TPSA) is 92.8 Å². The lowest BCUT2D eigenvalue weighted by Crippen LogP contribution is -2.41. The Morgan fingerprint density at radius 1 is 1.38 bits per heavy atom. The maximum absolute atomic E-state index is 12.7. The average Bonchev–Trinajstić information content (AvgIpc) is 3.33. The molecule has 1 saturated heterocycles. The van der Waals surface area contributed by atoms with Crippen LogP contribution in [-0.4, -0.2) is 47.4 Å². The summed E-state index contributed by atoms with van der Waals surface area (Å²) in [5.41, 5.74) is 1.51. The van der Waals surface area contributed by atoms with Crippen molar-refractivity contribution < 1.29 is 19.1 Å². The number of anilines is 1. The average molecular weight is 417 g/mol. The van der Waals surface area contributed by atoms with Gasteiger partial charge in [0.25, 0.3) is 0 Å². The molecule has 3 aliphatic rings. The minimum atomic E-state index is -0.538. The van der Waals surface area contributed by atoms with E-state index < -0.39 is 11.7 Å². The molecule has 154 valence electrons. The van der Waals surface area contributed by atoms with E-state index in [4.69, 9.17) is 14.5 Å². The first kappa shape index (κ1) is 18.5. The number of ether oxygens (including phenoxy) is 2. The van der Waals surface area contributed by atoms with E-state index in [1.165, 1.54) is 11.3 Å². The molecule has 2 aromatic rings. The maximum Gasteiger partial charge on any atom is 0.407 e. The number of hydrogen-bond donors (Lipinski definition) is 2. The second-order valence-electron chi connectivity index (χ2n) is 8.79. The summed E-state index contributed by atoms with van der Waals surface area (Å²) in [5.74, 6) is 0.889. The molecule has 1 aromatic carbocycles. The van der Waals surface area contributed by atoms with E-state index >= 15 is 0 Å². The zero-order chi connectivity index (χ0) is 20.3. The van der Waals surface area contributed by atoms with Gasteiger partial charge < -0.3 is 20.1 Å². The van der Waals surface area contributed by atoms with Crippen LogP contribution in [0.2, 0.25) is 0 Å². The quantitative estimate of drug-likeness (QED) is 0.784. The van der Waals surface area contributed by atoms with E-state index in [-0.39, 0.29) is 24.2 Å². The standard InChI is InChI=1S/C20H24N4O4S/c1-20(2,3)28-19(26)21-10-8-12-13(9-10)24(17(25)22-12)18-23-16-11-6-7-27-14(11)4-5-15(16)29-18/h4-5,10,12-13H,6-9H2,1-3H3,(H,21,26)(H,22,25)/t10-,12+,13-/m1/s1. The molecular formula is C20H24N4O4S. The smallest absolute Gasteiger partial charge is 0.407 e. The Kier molecular flexibility index (Phi) is 4.13. The summed E-state index contributed by atoms with van der Waals surface area (Å²) in [5, 5.41) is 6.69. The minimum absolute atomic E-state index is 0.0107. The summed E-state index contributed by atoms with van der Waals surface area (Å²) < 4.78 is 12.1. The maximum atomic E-state index is 12.7. The van der Waals surface area contributed by atoms with Gasteiger partial charge in [0, 0.05) is 18.0 Å². The third kappa shape index (κ3) is 3.27. The van der Waals surface area contributed by atoms with Crippen LogP contribution in [0, 0.1) is 0 Å². The number of urea groups is 1. The van der Waals surface area contributed by atoms with Gasteiger partial charge >= 0.3 is 12.1 Å². The number of rotatable bonds is 2. The number of hydrogen-bond acceptors (Lipinski definition) is 6. The van der Waals surface area contributed by atoms with Crippen molar-refractivity contribution in [1.82, 2.24) is 15.6 Å². The first-order chi connectivity index (χ1) is 13.8. The van der Waals surface area contributed by atoms with E-state index in [9.17, 15) is 9.59 Å². The zero-order valence-corrected chi connectivity index (χ0v) is 17.5. The SMILES string of the molecule is CC(C)(C)OC(=O)N[C@@H]1C[C@@H]2NC(=O)N(c3nc4c5c(ccc4s3)OCC5)[C@@H]2C1. The summed E-state index contributed by atoms with van der Waals surface area (Å²) in [7, 11) is 0. The highest BCUT2D eigenvalue weighted by atomic mass is 32.1. The Morgan fingerprint density at radius 3 is 3.00 bits per heavy atom. The lowest BCUT2D eigenvalue weighted by Gasteiger charge is -2.23. The van der Waals surface area contributed by atoms with Gasteiger partial charge in [-0.2, -0.15) is 0 Å². The van der Waals surface area contributed by atoms with Crippen LogP contribution in [0.3, 0.4) is 0 Å². The molecule has 9 heteroatoms. The fourth-order valence-electron chi connectivity index (χ4n) is 4.42. The molecule has 3 atom stereocenters. The Hall–Kier alpha value is -2.55. The lowest BCUT2D eigenvalue weighted by molar-refractivity contribution is 0.0505. The van der Waals surface area contributed by atoms with Crippen molar-refractivity contribution in [3.8, 4) is 5.75 Å². The second kappa shape index (κ2) is 6.48. The fourth-order valence-corrected chi connectivity index (χ4v) is 5.47. The van der Waals surface area contributed by atoms with Gasteiger partial charge in [-0.3, -0.25) is 4.90 Å². The molecule has 2 N–H and O–H groups in total. The number of alkyl carbamates (subject to hydrolysis) is 1. The fraction of sp³-hybridized carbons (Fsp3) is 0.550. The third-order valence-electron chi connectivity index (χ3n) is 5.54. The van der Waals surface area contributed by atoms with Crippen molar-refractivity contribution >= 4 is 38.8 Å². The van der Waals surface area contributed by atoms with Gasteiger partial charge in [0.15, 0.2) is 5.13 Å². The summed E-state index contributed by atoms with van der Waals surface area (Å²) >= 11 is 1.52. The number of nitrogens with zero attached hydrogens (tertiary/aromatic N) is 2. The number of aromatic nitrogens is 1. The van der Waals surface area contributed by atoms with Gasteiger partial charge in [-0.1, -0.05) is 11.3 Å². The number of carbonyl (C=O) groups excluding carboxylic acids is 2. The van der Waals surface area contributed by atoms with Gasteiger partial charge in [-0.25, -0.2) is 14.6 Å². The molecule has 1 aromatic heterocycles. The van der Waals surface area contributed by atoms with Crippen LogP contribution in [0.5, 0.6) is 5.75 Å². The Morgan fingerprint density at radius 2 is 2.21 bits per heavy atom. The molecule has 1 aliphatic carbocycles. The number of carbonyl (C=O) groups is 2. The first-order valence-corrected chi connectivity index (χ1v) is 10.7. The Balaban J connectivity index is 1.36. The van der Waals surface area contributed by atoms with Crippen LogP contribution in [-0.2, 0) is 11.2 Å². The Labute approximate surface area is 172 Å². The van der Waals surface area contributed by atoms with Crippen molar-refractivity contribution in [2.24, 2.45) is 0 Å². The van der Waals surface area contributed by atoms with E-state index in [0.29, 0.717) is 24.6 Å². The van der Waals surface area contributed by atoms with Gasteiger partial charge in [0.2, 0.25) is 0 Å². The van der Waals surface area contributed by atoms with Crippen LogP contribution < -0.4 is 20.3 Å². The monoisotopic (exact) mass is 416 g/mol. The molecule has 1 saturated carbocycles. The number of benzene rings is 1. The minimum Gasteiger partial charge on any atom is -0.493 e. The van der Waals surface area contributed by atoms with Gasteiger partial charge in [-0.05, 0) is 45.7 Å². The van der Waals surface area contributed by atoms with Gasteiger partial charge in [0.1, 0.15) is 11.4 Å². The van der Waals surface area contributed by atoms with E-state index in [0.717, 1.165) is 28.0 Å². The highest BCUT2D eigenvalue weighted by Crippen LogP contribution is 2.41. The summed E-state index contributed by atoms with van der Waals surface area (Å²) in [6, 6.07) is 3.78. The number of fused-ring (bicyclic) bond motifs is 4. The molecule has 29 heavy (non-hydrogen) atoms. The summed E-state index contributed by atoms with van der Waals surface area (Å²) in [6.07, 6.45) is 1.77. The molecule has 2 aliphatic heterocycles. The lowest BCUT2D eigenvalue weighted by atomic mass is 10.1. The van der Waals surface area contributed by atoms with Crippen LogP contribution in [0.1, 0.15) is 39.2 Å². The van der Waals surface area contributed by atoms with E-state index in [2.05, 4.69) is 10.6 Å². The van der Waals surface area contributed by atoms with Crippen LogP contribution in [0.15, 0.2) is 12.1 Å². The molecule has 0 unspecified atom stereocenters. The number of nitrogens with one attached hydrogen (secondary N) is 2. The number of thiazole rings is 1. The third-order valence-corrected chi connectivity index (χ3v) is 6.56. The molecule has 3 amide bonds. The normalized spacial score (nSPS) is 25.6. The van der Waals surface area contributed by atoms with Crippen LogP contribution in [0.4, 0.5) is 14.7 Å². The van der Waals surface area contributed by atoms with E-state index in [1.807, 2.05) is 32.9 Å². The van der Waals surface area contributed by atoms with Gasteiger partial charge in [-0.15, -0.1) is 0 Å². The molecule has 8 nitrogen and oxygen atoms in total. The van der Waals surface area contributed by atoms with Crippen molar-refractivity contribution in [3.63, 3.8) is 0 Å². The zero-order valence-electron chi connectivity index (χ0n) is 16.7. The molecule has 3 heterocycles. The summed E-state index contributed by atoms with van der Waals surface area (Å²) in [6.45, 7) is 6.20. The highest BCUT2D eigenvalue weighted by Gasteiger charge is 2.48. The van der Waals surface area contributed by atoms with E-state index in [1.54, 1.807) is 4.90 Å². The predicted molar refractivity (Wildman–Crippen MR) is 110 cm³/mol. The largest absolute Gasteiger partial charge is 0.493 e. The molecule has 5 rings (SSSR count). The first-order valence-electron chi connectivity index (χ1n) is 9.93. The van der Waals surface area contributed by atoms with Crippen molar-refractivity contribution in [2.75, 3.05) is 11.5 Å². The second-order valence-corrected chi connectivity index (χ2v) is 9.80. The van der Waals surface area contributed by atoms with Gasteiger partial charge in [0.05, 0.1) is 28.9 Å². The van der Waals surface area contributed by atoms with Crippen LogP contribution in [0.25, 0.3) is 10.2 Å². The van der Waals surface area contributed by atoms with Crippen LogP contribution >= 0.6 is 11.3 Å². The molecule has 2 fully saturated rings. The summed E-state index contributed by atoms with van der Waals surface area (Å²) in [4.78, 5) is 31.3.